The molecule has 0 bridgehead atoms. The van der Waals surface area contributed by atoms with Crippen molar-refractivity contribution in [2.45, 2.75) is 12.0 Å². The van der Waals surface area contributed by atoms with E-state index in [0.717, 1.165) is 21.9 Å². The second kappa shape index (κ2) is 6.97. The monoisotopic (exact) mass is 468 g/mol. The van der Waals surface area contributed by atoms with Crippen LogP contribution in [0.4, 0.5) is 5.69 Å². The topological polar surface area (TPSA) is 103 Å². The van der Waals surface area contributed by atoms with Crippen molar-refractivity contribution in [1.82, 2.24) is 0 Å². The molecule has 0 saturated heterocycles. The highest BCUT2D eigenvalue weighted by Gasteiger charge is 2.46. The summed E-state index contributed by atoms with van der Waals surface area (Å²) in [6.07, 6.45) is 3.86. The average molecular weight is 469 g/mol. The van der Waals surface area contributed by atoms with Gasteiger partial charge in [-0.15, -0.1) is 0 Å². The minimum absolute atomic E-state index is 0.0383. The minimum atomic E-state index is -1.27. The summed E-state index contributed by atoms with van der Waals surface area (Å²) in [4.78, 5) is 40.9. The van der Waals surface area contributed by atoms with E-state index in [1.165, 1.54) is 0 Å². The van der Waals surface area contributed by atoms with Gasteiger partial charge in [-0.2, -0.15) is 0 Å². The average Bonchev–Trinajstić information content (AvgIpc) is 2.89. The highest BCUT2D eigenvalue weighted by molar-refractivity contribution is 6.31. The van der Waals surface area contributed by atoms with Crippen molar-refractivity contribution in [3.63, 3.8) is 0 Å². The van der Waals surface area contributed by atoms with Gasteiger partial charge in [-0.3, -0.25) is 14.4 Å². The van der Waals surface area contributed by atoms with Crippen molar-refractivity contribution >= 4 is 33.8 Å². The fourth-order valence-corrected chi connectivity index (χ4v) is 6.09. The van der Waals surface area contributed by atoms with Crippen LogP contribution in [0.1, 0.15) is 48.6 Å². The van der Waals surface area contributed by atoms with Gasteiger partial charge in [-0.25, -0.2) is 0 Å². The lowest BCUT2D eigenvalue weighted by Crippen LogP contribution is -2.46. The molecule has 0 fully saturated rings. The highest BCUT2D eigenvalue weighted by Crippen LogP contribution is 2.50. The van der Waals surface area contributed by atoms with Gasteiger partial charge in [0.15, 0.2) is 17.3 Å². The first-order valence-electron chi connectivity index (χ1n) is 11.8. The van der Waals surface area contributed by atoms with Crippen LogP contribution in [0.3, 0.4) is 0 Å². The number of rotatable bonds is 1. The smallest absolute Gasteiger partial charge is 0.196 e. The summed E-state index contributed by atoms with van der Waals surface area (Å²) in [5.41, 5.74) is 16.9. The van der Waals surface area contributed by atoms with E-state index in [1.807, 2.05) is 60.7 Å². The molecule has 0 saturated carbocycles. The van der Waals surface area contributed by atoms with Crippen LogP contribution in [0.2, 0.25) is 0 Å². The van der Waals surface area contributed by atoms with Crippen LogP contribution >= 0.6 is 0 Å². The number of ketones is 3. The molecule has 4 N–H and O–H groups in total. The third-order valence-electron chi connectivity index (χ3n) is 7.69. The summed E-state index contributed by atoms with van der Waals surface area (Å²) in [5, 5.41) is 1.74. The van der Waals surface area contributed by atoms with Crippen molar-refractivity contribution < 1.29 is 14.4 Å². The summed E-state index contributed by atoms with van der Waals surface area (Å²) in [7, 11) is 0. The number of fused-ring (bicyclic) bond motifs is 3. The maximum absolute atomic E-state index is 13.9. The lowest BCUT2D eigenvalue weighted by atomic mass is 9.66. The third kappa shape index (κ3) is 2.45. The summed E-state index contributed by atoms with van der Waals surface area (Å²) in [6.45, 7) is 0. The Bertz CT molecular complexity index is 1790. The largest absolute Gasteiger partial charge is 0.398 e. The molecule has 5 nitrogen and oxygen atoms in total. The Morgan fingerprint density at radius 2 is 1.39 bits per heavy atom. The molecule has 36 heavy (non-hydrogen) atoms. The van der Waals surface area contributed by atoms with Gasteiger partial charge in [0.25, 0.3) is 0 Å². The standard InChI is InChI=1S/C31H20N2O3/c32-23-12-4-10-20-26(23)29(35)21-11-5-15-31(33,27(21)30(20)36)22-14-13-16-6-3-9-19-24(16)25(22)17-7-1-2-8-18(17)28(19)34/h1-14H,15,32-33H2. The molecule has 0 amide bonds. The fraction of sp³-hybridized carbons (Fsp3) is 0.0645. The van der Waals surface area contributed by atoms with Crippen molar-refractivity contribution in [2.75, 3.05) is 5.73 Å². The minimum Gasteiger partial charge on any atom is -0.398 e. The molecule has 172 valence electrons. The molecule has 0 spiro atoms. The van der Waals surface area contributed by atoms with Gasteiger partial charge in [0, 0.05) is 38.9 Å². The first kappa shape index (κ1) is 20.7. The van der Waals surface area contributed by atoms with E-state index < -0.39 is 5.54 Å². The summed E-state index contributed by atoms with van der Waals surface area (Å²) in [6, 6.07) is 22.0. The summed E-state index contributed by atoms with van der Waals surface area (Å²) >= 11 is 0. The first-order valence-corrected chi connectivity index (χ1v) is 11.8. The molecular formula is C31H20N2O3. The van der Waals surface area contributed by atoms with Gasteiger partial charge in [-0.1, -0.05) is 78.9 Å². The van der Waals surface area contributed by atoms with Crippen LogP contribution in [0.25, 0.3) is 21.9 Å². The van der Waals surface area contributed by atoms with Crippen molar-refractivity contribution in [2.24, 2.45) is 5.73 Å². The summed E-state index contributed by atoms with van der Waals surface area (Å²) < 4.78 is 0. The molecular weight excluding hydrogens is 448 g/mol. The number of allylic oxidation sites excluding steroid dienone is 2. The third-order valence-corrected chi connectivity index (χ3v) is 7.69. The second-order valence-electron chi connectivity index (χ2n) is 9.56. The van der Waals surface area contributed by atoms with E-state index in [4.69, 9.17) is 11.5 Å². The molecule has 1 atom stereocenters. The number of carbonyl (C=O) groups is 3. The number of hydrogen-bond donors (Lipinski definition) is 2. The summed E-state index contributed by atoms with van der Waals surface area (Å²) in [5.74, 6) is -0.627. The van der Waals surface area contributed by atoms with E-state index in [0.29, 0.717) is 23.1 Å². The molecule has 4 aromatic rings. The number of carbonyl (C=O) groups excluding carboxylic acids is 3. The number of benzene rings is 4. The Labute approximate surface area is 206 Å². The molecule has 0 heterocycles. The molecule has 4 aromatic carbocycles. The lowest BCUT2D eigenvalue weighted by molar-refractivity contribution is 0.0963. The van der Waals surface area contributed by atoms with Gasteiger partial charge < -0.3 is 11.5 Å². The van der Waals surface area contributed by atoms with E-state index in [1.54, 1.807) is 24.3 Å². The van der Waals surface area contributed by atoms with Crippen molar-refractivity contribution in [1.29, 1.82) is 0 Å². The van der Waals surface area contributed by atoms with Crippen LogP contribution in [0.5, 0.6) is 0 Å². The number of Topliss-reactive ketones (excluding diaryl/α,β-unsaturated/α-hetero) is 2. The Balaban J connectivity index is 1.57. The van der Waals surface area contributed by atoms with Crippen LogP contribution in [-0.2, 0) is 5.54 Å². The predicted molar refractivity (Wildman–Crippen MR) is 139 cm³/mol. The molecule has 3 aliphatic carbocycles. The number of anilines is 1. The molecule has 0 radical (unpaired) electrons. The normalized spacial score (nSPS) is 19.9. The van der Waals surface area contributed by atoms with E-state index >= 15 is 0 Å². The molecule has 1 unspecified atom stereocenters. The Kier molecular flexibility index (Phi) is 4.01. The molecule has 3 aliphatic rings. The Morgan fingerprint density at radius 3 is 2.22 bits per heavy atom. The zero-order valence-electron chi connectivity index (χ0n) is 19.2. The van der Waals surface area contributed by atoms with Gasteiger partial charge in [-0.05, 0) is 34.6 Å². The number of hydrogen-bond acceptors (Lipinski definition) is 5. The van der Waals surface area contributed by atoms with Gasteiger partial charge in [0.05, 0.1) is 11.1 Å². The van der Waals surface area contributed by atoms with Crippen LogP contribution in [0.15, 0.2) is 96.1 Å². The highest BCUT2D eigenvalue weighted by atomic mass is 16.1. The van der Waals surface area contributed by atoms with Gasteiger partial charge in [0.1, 0.15) is 0 Å². The Morgan fingerprint density at radius 1 is 0.667 bits per heavy atom. The van der Waals surface area contributed by atoms with Crippen molar-refractivity contribution in [3.8, 4) is 11.1 Å². The maximum Gasteiger partial charge on any atom is 0.196 e. The van der Waals surface area contributed by atoms with Crippen LogP contribution < -0.4 is 11.5 Å². The second-order valence-corrected chi connectivity index (χ2v) is 9.56. The zero-order valence-corrected chi connectivity index (χ0v) is 19.2. The van der Waals surface area contributed by atoms with Crippen molar-refractivity contribution in [3.05, 3.63) is 124 Å². The Hall–Kier alpha value is -4.61. The van der Waals surface area contributed by atoms with E-state index in [2.05, 4.69) is 0 Å². The van der Waals surface area contributed by atoms with E-state index in [9.17, 15) is 14.4 Å². The SMILES string of the molecule is Nc1cccc2c1C(=O)C1=C(C2=O)C(N)(c2ccc3cccc4c3c2-c2ccccc2C4=O)CC=C1. The maximum atomic E-state index is 13.9. The zero-order chi connectivity index (χ0) is 24.8. The first-order chi connectivity index (χ1) is 17.4. The fourth-order valence-electron chi connectivity index (χ4n) is 6.09. The van der Waals surface area contributed by atoms with Gasteiger partial charge >= 0.3 is 0 Å². The van der Waals surface area contributed by atoms with E-state index in [-0.39, 0.29) is 45.3 Å². The van der Waals surface area contributed by atoms with Crippen LogP contribution in [0, 0.1) is 0 Å². The number of nitrogen functional groups attached to an aromatic ring is 1. The number of nitrogens with two attached hydrogens (primary N) is 2. The quantitative estimate of drug-likeness (QED) is 0.332. The molecule has 0 aliphatic heterocycles. The predicted octanol–water partition coefficient (Wildman–Crippen LogP) is 5.12. The molecule has 7 rings (SSSR count). The lowest BCUT2D eigenvalue weighted by Gasteiger charge is -2.39. The molecule has 5 heteroatoms. The molecule has 0 aromatic heterocycles. The van der Waals surface area contributed by atoms with Crippen LogP contribution in [-0.4, -0.2) is 17.3 Å². The van der Waals surface area contributed by atoms with Gasteiger partial charge in [0.2, 0.25) is 0 Å².